The van der Waals surface area contributed by atoms with Crippen LogP contribution in [0.2, 0.25) is 0 Å². The van der Waals surface area contributed by atoms with Crippen LogP contribution in [0.1, 0.15) is 23.3 Å². The molecule has 2 aliphatic heterocycles. The quantitative estimate of drug-likeness (QED) is 0.592. The molecule has 0 aromatic carbocycles. The predicted molar refractivity (Wildman–Crippen MR) is 114 cm³/mol. The van der Waals surface area contributed by atoms with Crippen LogP contribution in [0.3, 0.4) is 0 Å². The number of amides is 2. The fourth-order valence-corrected chi connectivity index (χ4v) is 4.22. The van der Waals surface area contributed by atoms with Crippen molar-refractivity contribution in [2.75, 3.05) is 34.8 Å². The van der Waals surface area contributed by atoms with Crippen molar-refractivity contribution in [2.24, 2.45) is 5.92 Å². The second-order valence-corrected chi connectivity index (χ2v) is 8.55. The molecule has 1 fully saturated rings. The topological polar surface area (TPSA) is 98.7 Å². The molecule has 1 saturated heterocycles. The molecule has 4 heterocycles. The van der Waals surface area contributed by atoms with Gasteiger partial charge < -0.3 is 10.0 Å². The van der Waals surface area contributed by atoms with Crippen LogP contribution in [-0.2, 0) is 0 Å². The van der Waals surface area contributed by atoms with Gasteiger partial charge in [0, 0.05) is 30.2 Å². The van der Waals surface area contributed by atoms with Gasteiger partial charge in [0.2, 0.25) is 0 Å². The van der Waals surface area contributed by atoms with Gasteiger partial charge in [0.15, 0.2) is 11.6 Å². The van der Waals surface area contributed by atoms with Crippen LogP contribution in [0.15, 0.2) is 34.9 Å². The highest BCUT2D eigenvalue weighted by atomic mass is 79.9. The van der Waals surface area contributed by atoms with E-state index >= 15 is 0 Å². The SMILES string of the molecule is O=C(CC(CO)C(F)(F)F)c1ccc2c(n1)N(C(=O)Nc1cc(Br)ccn1)[C@H]1CCN2C1. The molecule has 170 valence electrons. The van der Waals surface area contributed by atoms with Crippen LogP contribution in [0.5, 0.6) is 0 Å². The number of rotatable bonds is 5. The monoisotopic (exact) mass is 513 g/mol. The average Bonchev–Trinajstić information content (AvgIpc) is 3.15. The van der Waals surface area contributed by atoms with Gasteiger partial charge in [0.25, 0.3) is 0 Å². The molecule has 1 unspecified atom stereocenters. The summed E-state index contributed by atoms with van der Waals surface area (Å²) in [4.78, 5) is 37.4. The van der Waals surface area contributed by atoms with Crippen LogP contribution >= 0.6 is 15.9 Å². The number of aromatic nitrogens is 2. The molecule has 8 nitrogen and oxygen atoms in total. The van der Waals surface area contributed by atoms with Crippen molar-refractivity contribution in [1.29, 1.82) is 0 Å². The number of aliphatic hydroxyl groups is 1. The number of hydrogen-bond acceptors (Lipinski definition) is 6. The first-order valence-electron chi connectivity index (χ1n) is 9.86. The summed E-state index contributed by atoms with van der Waals surface area (Å²) < 4.78 is 39.6. The summed E-state index contributed by atoms with van der Waals surface area (Å²) >= 11 is 3.31. The number of Topliss-reactive ketones (excluding diaryl/α,β-unsaturated/α-hetero) is 1. The van der Waals surface area contributed by atoms with E-state index in [1.165, 1.54) is 17.2 Å². The highest BCUT2D eigenvalue weighted by Gasteiger charge is 2.42. The molecule has 12 heteroatoms. The molecule has 2 atom stereocenters. The third-order valence-corrected chi connectivity index (χ3v) is 6.02. The number of fused-ring (bicyclic) bond motifs is 4. The Morgan fingerprint density at radius 1 is 1.31 bits per heavy atom. The number of alkyl halides is 3. The lowest BCUT2D eigenvalue weighted by molar-refractivity contribution is -0.182. The molecule has 2 N–H and O–H groups in total. The number of nitrogens with zero attached hydrogens (tertiary/aromatic N) is 4. The van der Waals surface area contributed by atoms with Crippen LogP contribution < -0.4 is 15.1 Å². The molecule has 0 radical (unpaired) electrons. The maximum absolute atomic E-state index is 13.1. The van der Waals surface area contributed by atoms with Crippen molar-refractivity contribution in [2.45, 2.75) is 25.1 Å². The summed E-state index contributed by atoms with van der Waals surface area (Å²) in [5.41, 5.74) is 0.439. The molecule has 2 bridgehead atoms. The number of carbonyl (C=O) groups is 2. The lowest BCUT2D eigenvalue weighted by Gasteiger charge is -2.35. The first kappa shape index (κ1) is 22.5. The molecule has 2 aromatic heterocycles. The molecule has 0 aliphatic carbocycles. The van der Waals surface area contributed by atoms with Gasteiger partial charge in [-0.2, -0.15) is 13.2 Å². The summed E-state index contributed by atoms with van der Waals surface area (Å²) in [5.74, 6) is -2.50. The molecule has 0 saturated carbocycles. The Hall–Kier alpha value is -2.73. The Bertz CT molecular complexity index is 1050. The lowest BCUT2D eigenvalue weighted by atomic mass is 10.0. The summed E-state index contributed by atoms with van der Waals surface area (Å²) in [6, 6.07) is 5.59. The molecule has 4 rings (SSSR count). The van der Waals surface area contributed by atoms with Crippen molar-refractivity contribution in [3.8, 4) is 0 Å². The van der Waals surface area contributed by atoms with Crippen molar-refractivity contribution in [3.63, 3.8) is 0 Å². The summed E-state index contributed by atoms with van der Waals surface area (Å²) in [7, 11) is 0. The number of hydrogen-bond donors (Lipinski definition) is 2. The largest absolute Gasteiger partial charge is 0.396 e. The third kappa shape index (κ3) is 4.42. The number of aliphatic hydroxyl groups excluding tert-OH is 1. The van der Waals surface area contributed by atoms with Gasteiger partial charge in [-0.1, -0.05) is 15.9 Å². The van der Waals surface area contributed by atoms with Gasteiger partial charge in [-0.3, -0.25) is 15.0 Å². The van der Waals surface area contributed by atoms with Crippen LogP contribution in [0.25, 0.3) is 0 Å². The van der Waals surface area contributed by atoms with E-state index in [1.807, 2.05) is 4.90 Å². The molecule has 2 amide bonds. The van der Waals surface area contributed by atoms with Gasteiger partial charge in [-0.15, -0.1) is 0 Å². The number of anilines is 3. The second-order valence-electron chi connectivity index (χ2n) is 7.64. The molecule has 2 aliphatic rings. The minimum Gasteiger partial charge on any atom is -0.396 e. The standard InChI is InChI=1S/C20H19BrF3N5O3/c21-12-3-5-25-17(8-12)27-19(32)29-13-4-6-28(9-13)15-2-1-14(26-18(15)29)16(31)7-11(10-30)20(22,23)24/h1-3,5,8,11,13,30H,4,6-7,9-10H2,(H,25,27,32)/t11?,13-/m0/s1. The zero-order valence-corrected chi connectivity index (χ0v) is 18.2. The van der Waals surface area contributed by atoms with Crippen LogP contribution in [-0.4, -0.2) is 58.8 Å². The zero-order valence-electron chi connectivity index (χ0n) is 16.6. The van der Waals surface area contributed by atoms with Crippen molar-refractivity contribution in [3.05, 3.63) is 40.6 Å². The zero-order chi connectivity index (χ0) is 23.0. The van der Waals surface area contributed by atoms with E-state index in [-0.39, 0.29) is 17.6 Å². The molecule has 32 heavy (non-hydrogen) atoms. The van der Waals surface area contributed by atoms with Crippen LogP contribution in [0.4, 0.5) is 35.3 Å². The summed E-state index contributed by atoms with van der Waals surface area (Å²) in [6.45, 7) is 0.0817. The predicted octanol–water partition coefficient (Wildman–Crippen LogP) is 3.61. The van der Waals surface area contributed by atoms with Gasteiger partial charge >= 0.3 is 12.2 Å². The van der Waals surface area contributed by atoms with Gasteiger partial charge in [0.1, 0.15) is 11.5 Å². The first-order chi connectivity index (χ1) is 15.2. The smallest absolute Gasteiger partial charge is 0.394 e. The maximum atomic E-state index is 13.1. The van der Waals surface area contributed by atoms with Gasteiger partial charge in [-0.05, 0) is 30.7 Å². The van der Waals surface area contributed by atoms with Gasteiger partial charge in [0.05, 0.1) is 24.3 Å². The maximum Gasteiger partial charge on any atom is 0.394 e. The van der Waals surface area contributed by atoms with E-state index in [0.29, 0.717) is 31.0 Å². The Balaban J connectivity index is 1.63. The summed E-state index contributed by atoms with van der Waals surface area (Å²) in [5, 5.41) is 11.7. The molecule has 0 spiro atoms. The second kappa shape index (κ2) is 8.66. The highest BCUT2D eigenvalue weighted by Crippen LogP contribution is 2.39. The van der Waals surface area contributed by atoms with Gasteiger partial charge in [-0.25, -0.2) is 14.8 Å². The minimum absolute atomic E-state index is 0.188. The first-order valence-corrected chi connectivity index (χ1v) is 10.6. The molecular weight excluding hydrogens is 495 g/mol. The number of ketones is 1. The average molecular weight is 514 g/mol. The van der Waals surface area contributed by atoms with E-state index in [9.17, 15) is 22.8 Å². The van der Waals surface area contributed by atoms with E-state index in [4.69, 9.17) is 5.11 Å². The van der Waals surface area contributed by atoms with Crippen LogP contribution in [0, 0.1) is 5.92 Å². The Morgan fingerprint density at radius 2 is 2.09 bits per heavy atom. The fraction of sp³-hybridized carbons (Fsp3) is 0.400. The summed E-state index contributed by atoms with van der Waals surface area (Å²) in [6.07, 6.45) is -3.42. The number of carbonyl (C=O) groups excluding carboxylic acids is 2. The van der Waals surface area contributed by atoms with E-state index in [0.717, 1.165) is 4.47 Å². The Labute approximate surface area is 189 Å². The number of pyridine rings is 2. The van der Waals surface area contributed by atoms with Crippen molar-refractivity contribution < 1.29 is 27.9 Å². The van der Waals surface area contributed by atoms with E-state index in [2.05, 4.69) is 31.2 Å². The molecular formula is C20H19BrF3N5O3. The third-order valence-electron chi connectivity index (χ3n) is 5.53. The van der Waals surface area contributed by atoms with Crippen molar-refractivity contribution in [1.82, 2.24) is 9.97 Å². The normalized spacial score (nSPS) is 18.3. The Morgan fingerprint density at radius 3 is 2.78 bits per heavy atom. The molecule has 2 aromatic rings. The van der Waals surface area contributed by atoms with Crippen molar-refractivity contribution >= 4 is 45.1 Å². The lowest BCUT2D eigenvalue weighted by Crippen LogP contribution is -2.48. The minimum atomic E-state index is -4.70. The van der Waals surface area contributed by atoms with E-state index in [1.54, 1.807) is 18.2 Å². The number of urea groups is 1. The van der Waals surface area contributed by atoms with E-state index < -0.39 is 36.9 Å². The highest BCUT2D eigenvalue weighted by molar-refractivity contribution is 9.10. The number of halogens is 4. The fourth-order valence-electron chi connectivity index (χ4n) is 3.88. The Kier molecular flexibility index (Phi) is 6.08. The number of nitrogens with one attached hydrogen (secondary N) is 1.